The third-order valence-electron chi connectivity index (χ3n) is 5.23. The van der Waals surface area contributed by atoms with Gasteiger partial charge in [-0.05, 0) is 43.9 Å². The molecule has 0 amide bonds. The Bertz CT molecular complexity index is 920. The zero-order chi connectivity index (χ0) is 18.4. The maximum absolute atomic E-state index is 12.9. The summed E-state index contributed by atoms with van der Waals surface area (Å²) in [6.07, 6.45) is 5.45. The Morgan fingerprint density at radius 3 is 2.48 bits per heavy atom. The van der Waals surface area contributed by atoms with Crippen molar-refractivity contribution in [2.75, 3.05) is 13.1 Å². The lowest BCUT2D eigenvalue weighted by Crippen LogP contribution is -2.34. The molecular weight excluding hydrogens is 411 g/mol. The van der Waals surface area contributed by atoms with Crippen molar-refractivity contribution in [1.82, 2.24) is 14.4 Å². The van der Waals surface area contributed by atoms with E-state index in [1.165, 1.54) is 10.4 Å². The average molecular weight is 433 g/mol. The summed E-state index contributed by atoms with van der Waals surface area (Å²) < 4.78 is 32.5. The van der Waals surface area contributed by atoms with Crippen LogP contribution in [0.2, 0.25) is 5.02 Å². The molecule has 2 aliphatic rings. The Morgan fingerprint density at radius 1 is 1.15 bits per heavy atom. The van der Waals surface area contributed by atoms with E-state index >= 15 is 0 Å². The molecule has 0 radical (unpaired) electrons. The molecule has 4 rings (SSSR count). The molecule has 1 saturated heterocycles. The van der Waals surface area contributed by atoms with Gasteiger partial charge in [-0.3, -0.25) is 0 Å². The minimum Gasteiger partial charge on any atom is -0.334 e. The average Bonchev–Trinajstić information content (AvgIpc) is 3.37. The van der Waals surface area contributed by atoms with E-state index in [0.29, 0.717) is 24.5 Å². The first kappa shape index (κ1) is 20.5. The van der Waals surface area contributed by atoms with E-state index in [-0.39, 0.29) is 28.2 Å². The second-order valence-corrected chi connectivity index (χ2v) is 9.36. The third kappa shape index (κ3) is 3.73. The summed E-state index contributed by atoms with van der Waals surface area (Å²) in [4.78, 5) is 4.50. The number of hydrogen-bond donors (Lipinski definition) is 1. The molecule has 0 atom stereocenters. The number of rotatable bonds is 4. The number of benzene rings is 1. The summed E-state index contributed by atoms with van der Waals surface area (Å²) in [6.45, 7) is 1.03. The lowest BCUT2D eigenvalue weighted by atomic mass is 9.99. The summed E-state index contributed by atoms with van der Waals surface area (Å²) in [5, 5.41) is 4.22. The Hall–Kier alpha value is -1.19. The fourth-order valence-corrected chi connectivity index (χ4v) is 5.69. The predicted octanol–water partition coefficient (Wildman–Crippen LogP) is 3.32. The van der Waals surface area contributed by atoms with Crippen LogP contribution in [0.4, 0.5) is 0 Å². The number of hydrogen-bond acceptors (Lipinski definition) is 6. The fourth-order valence-electron chi connectivity index (χ4n) is 3.67. The summed E-state index contributed by atoms with van der Waals surface area (Å²) in [5.41, 5.74) is 6.33. The summed E-state index contributed by atoms with van der Waals surface area (Å²) >= 11 is 6.19. The smallest absolute Gasteiger partial charge is 0.258 e. The first-order valence-electron chi connectivity index (χ1n) is 8.83. The zero-order valence-corrected chi connectivity index (χ0v) is 17.1. The topological polar surface area (TPSA) is 102 Å². The highest BCUT2D eigenvalue weighted by atomic mass is 35.5. The van der Waals surface area contributed by atoms with Gasteiger partial charge in [-0.2, -0.15) is 9.29 Å². The number of nitrogens with zero attached hydrogens (tertiary/aromatic N) is 3. The maximum Gasteiger partial charge on any atom is 0.258 e. The molecule has 148 valence electrons. The molecule has 0 unspecified atom stereocenters. The molecule has 2 fully saturated rings. The summed E-state index contributed by atoms with van der Waals surface area (Å²) in [5.74, 6) is 0.732. The van der Waals surface area contributed by atoms with Crippen LogP contribution in [0.1, 0.15) is 44.3 Å². The molecule has 10 heteroatoms. The molecule has 1 aromatic heterocycles. The van der Waals surface area contributed by atoms with E-state index in [9.17, 15) is 8.42 Å². The Labute approximate surface area is 169 Å². The van der Waals surface area contributed by atoms with Crippen LogP contribution in [0.25, 0.3) is 11.5 Å². The molecule has 7 nitrogen and oxygen atoms in total. The van der Waals surface area contributed by atoms with Crippen LogP contribution in [0.3, 0.4) is 0 Å². The number of halogens is 2. The molecule has 0 bridgehead atoms. The van der Waals surface area contributed by atoms with Crippen molar-refractivity contribution in [2.24, 2.45) is 5.73 Å². The SMILES string of the molecule is Cl.NC1(c2noc(-c3ccc(Cl)c(S(=O)(=O)N4CCCC4)c3)n2)CCCC1. The van der Waals surface area contributed by atoms with Gasteiger partial charge in [0.25, 0.3) is 5.89 Å². The molecule has 1 saturated carbocycles. The van der Waals surface area contributed by atoms with Crippen LogP contribution in [0.5, 0.6) is 0 Å². The van der Waals surface area contributed by atoms with E-state index in [0.717, 1.165) is 38.5 Å². The van der Waals surface area contributed by atoms with Gasteiger partial charge < -0.3 is 10.3 Å². The minimum atomic E-state index is -3.63. The van der Waals surface area contributed by atoms with Crippen LogP contribution < -0.4 is 5.73 Å². The largest absolute Gasteiger partial charge is 0.334 e. The normalized spacial score (nSPS) is 19.9. The molecule has 27 heavy (non-hydrogen) atoms. The van der Waals surface area contributed by atoms with Gasteiger partial charge in [0.05, 0.1) is 10.6 Å². The highest BCUT2D eigenvalue weighted by Crippen LogP contribution is 2.36. The molecular formula is C17H22Cl2N4O3S. The van der Waals surface area contributed by atoms with E-state index in [1.54, 1.807) is 12.1 Å². The van der Waals surface area contributed by atoms with Crippen molar-refractivity contribution in [3.63, 3.8) is 0 Å². The Morgan fingerprint density at radius 2 is 1.81 bits per heavy atom. The third-order valence-corrected chi connectivity index (χ3v) is 7.61. The number of sulfonamides is 1. The molecule has 1 aliphatic heterocycles. The minimum absolute atomic E-state index is 0. The zero-order valence-electron chi connectivity index (χ0n) is 14.7. The van der Waals surface area contributed by atoms with Crippen molar-refractivity contribution in [2.45, 2.75) is 49.0 Å². The second-order valence-electron chi connectivity index (χ2n) is 7.04. The van der Waals surface area contributed by atoms with Crippen LogP contribution >= 0.6 is 24.0 Å². The highest BCUT2D eigenvalue weighted by Gasteiger charge is 2.36. The number of aromatic nitrogens is 2. The van der Waals surface area contributed by atoms with Gasteiger partial charge in [-0.15, -0.1) is 12.4 Å². The summed E-state index contributed by atoms with van der Waals surface area (Å²) in [6, 6.07) is 4.74. The van der Waals surface area contributed by atoms with Crippen LogP contribution in [-0.4, -0.2) is 36.0 Å². The molecule has 2 N–H and O–H groups in total. The monoisotopic (exact) mass is 432 g/mol. The summed E-state index contributed by atoms with van der Waals surface area (Å²) in [7, 11) is -3.63. The first-order valence-corrected chi connectivity index (χ1v) is 10.7. The van der Waals surface area contributed by atoms with Crippen molar-refractivity contribution >= 4 is 34.0 Å². The molecule has 0 spiro atoms. The highest BCUT2D eigenvalue weighted by molar-refractivity contribution is 7.89. The van der Waals surface area contributed by atoms with Gasteiger partial charge in [0.15, 0.2) is 5.82 Å². The lowest BCUT2D eigenvalue weighted by molar-refractivity contribution is 0.372. The van der Waals surface area contributed by atoms with E-state index in [2.05, 4.69) is 10.1 Å². The first-order chi connectivity index (χ1) is 12.4. The van der Waals surface area contributed by atoms with Gasteiger partial charge in [-0.25, -0.2) is 8.42 Å². The van der Waals surface area contributed by atoms with Crippen molar-refractivity contribution < 1.29 is 12.9 Å². The Kier molecular flexibility index (Phi) is 5.84. The maximum atomic E-state index is 12.9. The van der Waals surface area contributed by atoms with Crippen LogP contribution in [0.15, 0.2) is 27.6 Å². The van der Waals surface area contributed by atoms with E-state index in [1.807, 2.05) is 0 Å². The molecule has 1 aliphatic carbocycles. The van der Waals surface area contributed by atoms with E-state index < -0.39 is 15.6 Å². The van der Waals surface area contributed by atoms with Crippen molar-refractivity contribution in [3.05, 3.63) is 29.0 Å². The van der Waals surface area contributed by atoms with Gasteiger partial charge in [0.2, 0.25) is 10.0 Å². The van der Waals surface area contributed by atoms with Crippen molar-refractivity contribution in [1.29, 1.82) is 0 Å². The van der Waals surface area contributed by atoms with Crippen molar-refractivity contribution in [3.8, 4) is 11.5 Å². The number of nitrogens with two attached hydrogens (primary N) is 1. The van der Waals surface area contributed by atoms with Gasteiger partial charge >= 0.3 is 0 Å². The van der Waals surface area contributed by atoms with E-state index in [4.69, 9.17) is 21.9 Å². The fraction of sp³-hybridized carbons (Fsp3) is 0.529. The lowest BCUT2D eigenvalue weighted by Gasteiger charge is -2.17. The predicted molar refractivity (Wildman–Crippen MR) is 104 cm³/mol. The molecule has 2 aromatic rings. The van der Waals surface area contributed by atoms with Gasteiger partial charge in [0, 0.05) is 18.7 Å². The second kappa shape index (κ2) is 7.67. The van der Waals surface area contributed by atoms with Gasteiger partial charge in [0.1, 0.15) is 4.90 Å². The van der Waals surface area contributed by atoms with Gasteiger partial charge in [-0.1, -0.05) is 29.6 Å². The van der Waals surface area contributed by atoms with Crippen LogP contribution in [0, 0.1) is 0 Å². The standard InChI is InChI=1S/C17H21ClN4O3S.ClH/c18-13-6-5-12(11-14(13)26(23,24)22-9-3-4-10-22)15-20-16(21-25-15)17(19)7-1-2-8-17;/h5-6,11H,1-4,7-10,19H2;1H. The molecule has 2 heterocycles. The Balaban J connectivity index is 0.00000210. The quantitative estimate of drug-likeness (QED) is 0.794. The molecule has 1 aromatic carbocycles. The van der Waals surface area contributed by atoms with Crippen LogP contribution in [-0.2, 0) is 15.6 Å².